The summed E-state index contributed by atoms with van der Waals surface area (Å²) in [6.45, 7) is 1.76. The third-order valence-corrected chi connectivity index (χ3v) is 2.63. The summed E-state index contributed by atoms with van der Waals surface area (Å²) in [6.07, 6.45) is 3.07. The first kappa shape index (κ1) is 13.9. The summed E-state index contributed by atoms with van der Waals surface area (Å²) in [5.74, 6) is -0.488. The molecule has 8 nitrogen and oxygen atoms in total. The van der Waals surface area contributed by atoms with Crippen molar-refractivity contribution in [2.24, 2.45) is 0 Å². The molecule has 0 fully saturated rings. The fraction of sp³-hybridized carbons (Fsp3) is 0.333. The quantitative estimate of drug-likeness (QED) is 0.695. The van der Waals surface area contributed by atoms with Crippen LogP contribution in [0.15, 0.2) is 24.5 Å². The number of carboxylic acid groups (broad SMARTS) is 1. The summed E-state index contributed by atoms with van der Waals surface area (Å²) >= 11 is 0. The van der Waals surface area contributed by atoms with E-state index in [1.165, 1.54) is 10.9 Å². The van der Waals surface area contributed by atoms with Gasteiger partial charge in [0.15, 0.2) is 5.69 Å². The molecule has 2 aromatic rings. The van der Waals surface area contributed by atoms with E-state index in [0.717, 1.165) is 5.56 Å². The molecule has 0 aliphatic carbocycles. The van der Waals surface area contributed by atoms with Gasteiger partial charge in [-0.2, -0.15) is 0 Å². The topological polar surface area (TPSA) is 102 Å². The van der Waals surface area contributed by atoms with E-state index in [2.05, 4.69) is 20.6 Å². The van der Waals surface area contributed by atoms with Crippen LogP contribution in [0.5, 0.6) is 5.88 Å². The van der Waals surface area contributed by atoms with Gasteiger partial charge in [-0.1, -0.05) is 11.3 Å². The highest BCUT2D eigenvalue weighted by atomic mass is 16.5. The second-order valence-electron chi connectivity index (χ2n) is 4.02. The van der Waals surface area contributed by atoms with Crippen molar-refractivity contribution < 1.29 is 14.6 Å². The molecule has 2 heterocycles. The van der Waals surface area contributed by atoms with Crippen molar-refractivity contribution in [3.8, 4) is 5.88 Å². The Kier molecular flexibility index (Phi) is 4.61. The van der Waals surface area contributed by atoms with Crippen molar-refractivity contribution in [2.45, 2.75) is 13.1 Å². The minimum Gasteiger partial charge on any atom is -0.481 e. The highest BCUT2D eigenvalue weighted by Gasteiger charge is 2.07. The van der Waals surface area contributed by atoms with E-state index >= 15 is 0 Å². The van der Waals surface area contributed by atoms with E-state index in [4.69, 9.17) is 9.84 Å². The lowest BCUT2D eigenvalue weighted by Gasteiger charge is -2.08. The monoisotopic (exact) mass is 277 g/mol. The van der Waals surface area contributed by atoms with Gasteiger partial charge >= 0.3 is 5.97 Å². The van der Waals surface area contributed by atoms with Crippen molar-refractivity contribution in [3.63, 3.8) is 0 Å². The maximum Gasteiger partial charge on any atom is 0.358 e. The first-order valence-electron chi connectivity index (χ1n) is 6.02. The molecule has 0 saturated heterocycles. The molecule has 0 unspecified atom stereocenters. The van der Waals surface area contributed by atoms with Gasteiger partial charge in [0.25, 0.3) is 0 Å². The Morgan fingerprint density at radius 3 is 3.10 bits per heavy atom. The number of carbonyl (C=O) groups is 1. The van der Waals surface area contributed by atoms with Gasteiger partial charge in [0.2, 0.25) is 5.88 Å². The Labute approximate surface area is 115 Å². The number of aromatic nitrogens is 4. The molecular formula is C12H15N5O3. The van der Waals surface area contributed by atoms with Gasteiger partial charge in [0.1, 0.15) is 0 Å². The number of hydrogen-bond donors (Lipinski definition) is 2. The number of rotatable bonds is 7. The molecule has 0 aliphatic rings. The molecule has 0 saturated carbocycles. The smallest absolute Gasteiger partial charge is 0.358 e. The predicted octanol–water partition coefficient (Wildman–Crippen LogP) is 0.170. The molecular weight excluding hydrogens is 262 g/mol. The Bertz CT molecular complexity index is 584. The molecule has 0 amide bonds. The lowest BCUT2D eigenvalue weighted by Crippen LogP contribution is -2.20. The Morgan fingerprint density at radius 1 is 1.55 bits per heavy atom. The predicted molar refractivity (Wildman–Crippen MR) is 69.5 cm³/mol. The highest BCUT2D eigenvalue weighted by molar-refractivity contribution is 5.84. The molecule has 0 aromatic carbocycles. The zero-order valence-corrected chi connectivity index (χ0v) is 11.0. The zero-order valence-electron chi connectivity index (χ0n) is 11.0. The summed E-state index contributed by atoms with van der Waals surface area (Å²) in [4.78, 5) is 14.7. The van der Waals surface area contributed by atoms with E-state index in [0.29, 0.717) is 25.5 Å². The third kappa shape index (κ3) is 3.51. The van der Waals surface area contributed by atoms with Gasteiger partial charge in [-0.3, -0.25) is 4.68 Å². The van der Waals surface area contributed by atoms with Crippen molar-refractivity contribution in [1.29, 1.82) is 0 Å². The third-order valence-electron chi connectivity index (χ3n) is 2.63. The van der Waals surface area contributed by atoms with Gasteiger partial charge in [-0.15, -0.1) is 5.10 Å². The molecule has 0 atom stereocenters. The molecule has 8 heteroatoms. The van der Waals surface area contributed by atoms with E-state index in [9.17, 15) is 4.79 Å². The number of ether oxygens (including phenoxy) is 1. The molecule has 0 radical (unpaired) electrons. The first-order chi connectivity index (χ1) is 9.70. The highest BCUT2D eigenvalue weighted by Crippen LogP contribution is 2.12. The minimum absolute atomic E-state index is 0.0565. The fourth-order valence-electron chi connectivity index (χ4n) is 1.66. The van der Waals surface area contributed by atoms with E-state index in [-0.39, 0.29) is 5.69 Å². The Hall–Kier alpha value is -2.48. The molecule has 0 aliphatic heterocycles. The maximum atomic E-state index is 10.6. The number of aromatic carboxylic acids is 1. The average Bonchev–Trinajstić information content (AvgIpc) is 2.93. The minimum atomic E-state index is -1.08. The fourth-order valence-corrected chi connectivity index (χ4v) is 1.66. The lowest BCUT2D eigenvalue weighted by molar-refractivity contribution is 0.0690. The van der Waals surface area contributed by atoms with Crippen LogP contribution >= 0.6 is 0 Å². The van der Waals surface area contributed by atoms with Gasteiger partial charge < -0.3 is 15.2 Å². The van der Waals surface area contributed by atoms with Crippen LogP contribution in [0.1, 0.15) is 16.1 Å². The van der Waals surface area contributed by atoms with E-state index < -0.39 is 5.97 Å². The van der Waals surface area contributed by atoms with Crippen LogP contribution in [0.25, 0.3) is 0 Å². The Balaban J connectivity index is 1.80. The van der Waals surface area contributed by atoms with Gasteiger partial charge in [-0.25, -0.2) is 9.78 Å². The molecule has 2 aromatic heterocycles. The Morgan fingerprint density at radius 2 is 2.40 bits per heavy atom. The second-order valence-corrected chi connectivity index (χ2v) is 4.02. The van der Waals surface area contributed by atoms with Crippen LogP contribution in [0.3, 0.4) is 0 Å². The second kappa shape index (κ2) is 6.62. The standard InChI is InChI=1S/C12H15N5O3/c1-20-11-9(3-2-4-14-11)7-13-5-6-17-8-10(12(18)19)15-16-17/h2-4,8,13H,5-7H2,1H3,(H,18,19). The van der Waals surface area contributed by atoms with Crippen LogP contribution in [0.4, 0.5) is 0 Å². The van der Waals surface area contributed by atoms with Crippen LogP contribution in [-0.4, -0.2) is 44.7 Å². The summed E-state index contributed by atoms with van der Waals surface area (Å²) in [5.41, 5.74) is 0.902. The number of pyridine rings is 1. The number of carboxylic acids is 1. The average molecular weight is 277 g/mol. The van der Waals surface area contributed by atoms with Crippen molar-refractivity contribution in [3.05, 3.63) is 35.8 Å². The number of nitrogens with one attached hydrogen (secondary N) is 1. The van der Waals surface area contributed by atoms with Gasteiger partial charge in [0.05, 0.1) is 19.9 Å². The van der Waals surface area contributed by atoms with Gasteiger partial charge in [0, 0.05) is 24.8 Å². The normalized spacial score (nSPS) is 10.4. The summed E-state index contributed by atoms with van der Waals surface area (Å²) < 4.78 is 6.63. The first-order valence-corrected chi connectivity index (χ1v) is 6.02. The number of nitrogens with zero attached hydrogens (tertiary/aromatic N) is 4. The van der Waals surface area contributed by atoms with E-state index in [1.807, 2.05) is 12.1 Å². The van der Waals surface area contributed by atoms with Gasteiger partial charge in [-0.05, 0) is 6.07 Å². The van der Waals surface area contributed by atoms with Crippen molar-refractivity contribution in [2.75, 3.05) is 13.7 Å². The molecule has 20 heavy (non-hydrogen) atoms. The SMILES string of the molecule is COc1ncccc1CNCCn1cc(C(=O)O)nn1. The molecule has 2 N–H and O–H groups in total. The summed E-state index contributed by atoms with van der Waals surface area (Å²) in [7, 11) is 1.58. The summed E-state index contributed by atoms with van der Waals surface area (Å²) in [5, 5.41) is 19.2. The summed E-state index contributed by atoms with van der Waals surface area (Å²) in [6, 6.07) is 3.77. The molecule has 2 rings (SSSR count). The molecule has 0 bridgehead atoms. The number of hydrogen-bond acceptors (Lipinski definition) is 6. The largest absolute Gasteiger partial charge is 0.481 e. The van der Waals surface area contributed by atoms with Crippen molar-refractivity contribution in [1.82, 2.24) is 25.3 Å². The maximum absolute atomic E-state index is 10.6. The van der Waals surface area contributed by atoms with Crippen LogP contribution in [0, 0.1) is 0 Å². The lowest BCUT2D eigenvalue weighted by atomic mass is 10.2. The van der Waals surface area contributed by atoms with E-state index in [1.54, 1.807) is 13.3 Å². The number of methoxy groups -OCH3 is 1. The molecule has 106 valence electrons. The van der Waals surface area contributed by atoms with Crippen LogP contribution < -0.4 is 10.1 Å². The zero-order chi connectivity index (χ0) is 14.4. The van der Waals surface area contributed by atoms with Crippen LogP contribution in [-0.2, 0) is 13.1 Å². The van der Waals surface area contributed by atoms with Crippen molar-refractivity contribution >= 4 is 5.97 Å². The molecule has 0 spiro atoms. The van der Waals surface area contributed by atoms with Crippen LogP contribution in [0.2, 0.25) is 0 Å².